The summed E-state index contributed by atoms with van der Waals surface area (Å²) in [4.78, 5) is 37.3. The van der Waals surface area contributed by atoms with Gasteiger partial charge in [0, 0.05) is 19.3 Å². The fraction of sp³-hybridized carbons (Fsp3) is 0.929. The van der Waals surface area contributed by atoms with Gasteiger partial charge in [0.05, 0.1) is 0 Å². The van der Waals surface area contributed by atoms with Gasteiger partial charge in [-0.05, 0) is 25.2 Å². The van der Waals surface area contributed by atoms with Crippen LogP contribution in [-0.2, 0) is 28.6 Å². The first-order valence-electron chi connectivity index (χ1n) is 20.9. The first kappa shape index (κ1) is 46.4. The van der Waals surface area contributed by atoms with Crippen molar-refractivity contribution in [2.24, 2.45) is 5.92 Å². The Morgan fingerprint density at radius 1 is 0.417 bits per heavy atom. The van der Waals surface area contributed by atoms with E-state index in [9.17, 15) is 14.4 Å². The van der Waals surface area contributed by atoms with E-state index >= 15 is 0 Å². The lowest BCUT2D eigenvalue weighted by atomic mass is 9.99. The highest BCUT2D eigenvalue weighted by atomic mass is 16.6. The number of unbranched alkanes of at least 4 members (excludes halogenated alkanes) is 23. The fourth-order valence-corrected chi connectivity index (χ4v) is 6.06. The van der Waals surface area contributed by atoms with Crippen molar-refractivity contribution in [1.82, 2.24) is 0 Å². The lowest BCUT2D eigenvalue weighted by Crippen LogP contribution is -2.30. The third-order valence-electron chi connectivity index (χ3n) is 9.65. The number of ether oxygens (including phenoxy) is 3. The lowest BCUT2D eigenvalue weighted by Gasteiger charge is -2.18. The maximum Gasteiger partial charge on any atom is 0.306 e. The topological polar surface area (TPSA) is 78.9 Å². The summed E-state index contributed by atoms with van der Waals surface area (Å²) in [6.07, 6.45) is 33.9. The van der Waals surface area contributed by atoms with Crippen LogP contribution < -0.4 is 0 Å². The lowest BCUT2D eigenvalue weighted by molar-refractivity contribution is -0.167. The summed E-state index contributed by atoms with van der Waals surface area (Å²) in [5.74, 6) is -0.00674. The van der Waals surface area contributed by atoms with E-state index in [1.165, 1.54) is 116 Å². The molecule has 0 aromatic rings. The van der Waals surface area contributed by atoms with Crippen LogP contribution in [0.25, 0.3) is 0 Å². The van der Waals surface area contributed by atoms with Gasteiger partial charge in [-0.15, -0.1) is 0 Å². The third-order valence-corrected chi connectivity index (χ3v) is 9.65. The first-order valence-corrected chi connectivity index (χ1v) is 20.9. The van der Waals surface area contributed by atoms with E-state index in [0.29, 0.717) is 19.3 Å². The Hall–Kier alpha value is -1.59. The molecule has 0 rings (SSSR count). The average Bonchev–Trinajstić information content (AvgIpc) is 3.08. The van der Waals surface area contributed by atoms with Crippen molar-refractivity contribution in [2.45, 2.75) is 233 Å². The molecular weight excluding hydrogens is 600 g/mol. The van der Waals surface area contributed by atoms with Crippen LogP contribution in [0.15, 0.2) is 0 Å². The van der Waals surface area contributed by atoms with Crippen LogP contribution in [0.1, 0.15) is 227 Å². The summed E-state index contributed by atoms with van der Waals surface area (Å²) in [5, 5.41) is 0. The molecule has 0 saturated carbocycles. The van der Waals surface area contributed by atoms with E-state index < -0.39 is 6.10 Å². The average molecular weight is 681 g/mol. The molecule has 0 bridgehead atoms. The molecule has 0 heterocycles. The number of esters is 3. The fourth-order valence-electron chi connectivity index (χ4n) is 6.06. The smallest absolute Gasteiger partial charge is 0.306 e. The van der Waals surface area contributed by atoms with Gasteiger partial charge in [0.25, 0.3) is 0 Å². The molecule has 0 fully saturated rings. The van der Waals surface area contributed by atoms with Crippen LogP contribution >= 0.6 is 0 Å². The molecule has 6 nitrogen and oxygen atoms in total. The zero-order chi connectivity index (χ0) is 35.3. The zero-order valence-electron chi connectivity index (χ0n) is 32.4. The van der Waals surface area contributed by atoms with Crippen molar-refractivity contribution in [3.63, 3.8) is 0 Å². The van der Waals surface area contributed by atoms with Crippen LogP contribution in [0.2, 0.25) is 0 Å². The number of hydrogen-bond acceptors (Lipinski definition) is 6. The molecule has 0 radical (unpaired) electrons. The van der Waals surface area contributed by atoms with Gasteiger partial charge in [0.2, 0.25) is 0 Å². The van der Waals surface area contributed by atoms with Crippen LogP contribution in [-0.4, -0.2) is 37.2 Å². The quantitative estimate of drug-likeness (QED) is 0.0369. The minimum Gasteiger partial charge on any atom is -0.462 e. The van der Waals surface area contributed by atoms with Crippen LogP contribution in [0.5, 0.6) is 0 Å². The Labute approximate surface area is 298 Å². The van der Waals surface area contributed by atoms with Crippen LogP contribution in [0.4, 0.5) is 0 Å². The molecule has 2 atom stereocenters. The molecule has 0 aliphatic rings. The molecule has 0 aliphatic heterocycles. The normalized spacial score (nSPS) is 12.5. The monoisotopic (exact) mass is 681 g/mol. The van der Waals surface area contributed by atoms with E-state index in [1.807, 2.05) is 0 Å². The van der Waals surface area contributed by atoms with E-state index in [2.05, 4.69) is 27.7 Å². The van der Waals surface area contributed by atoms with Gasteiger partial charge in [-0.3, -0.25) is 14.4 Å². The van der Waals surface area contributed by atoms with Crippen molar-refractivity contribution in [3.8, 4) is 0 Å². The molecule has 0 aromatic heterocycles. The van der Waals surface area contributed by atoms with E-state index in [0.717, 1.165) is 70.1 Å². The molecule has 48 heavy (non-hydrogen) atoms. The summed E-state index contributed by atoms with van der Waals surface area (Å²) < 4.78 is 16.6. The van der Waals surface area contributed by atoms with Gasteiger partial charge in [-0.25, -0.2) is 0 Å². The number of carbonyl (C=O) groups is 3. The Kier molecular flexibility index (Phi) is 35.5. The molecule has 0 aromatic carbocycles. The molecule has 0 aliphatic carbocycles. The van der Waals surface area contributed by atoms with Crippen LogP contribution in [0.3, 0.4) is 0 Å². The van der Waals surface area contributed by atoms with Gasteiger partial charge in [-0.1, -0.05) is 188 Å². The maximum absolute atomic E-state index is 12.6. The van der Waals surface area contributed by atoms with E-state index in [1.54, 1.807) is 0 Å². The van der Waals surface area contributed by atoms with Gasteiger partial charge >= 0.3 is 17.9 Å². The van der Waals surface area contributed by atoms with Crippen molar-refractivity contribution < 1.29 is 28.6 Å². The minimum absolute atomic E-state index is 0.0655. The summed E-state index contributed by atoms with van der Waals surface area (Å²) >= 11 is 0. The molecule has 6 heteroatoms. The van der Waals surface area contributed by atoms with Crippen molar-refractivity contribution in [2.75, 3.05) is 13.2 Å². The molecule has 0 saturated heterocycles. The van der Waals surface area contributed by atoms with Gasteiger partial charge in [0.15, 0.2) is 6.10 Å². The molecule has 284 valence electrons. The summed E-state index contributed by atoms with van der Waals surface area (Å²) in [6, 6.07) is 0. The predicted molar refractivity (Wildman–Crippen MR) is 201 cm³/mol. The highest BCUT2D eigenvalue weighted by Gasteiger charge is 2.19. The first-order chi connectivity index (χ1) is 23.4. The zero-order valence-corrected chi connectivity index (χ0v) is 32.4. The van der Waals surface area contributed by atoms with Crippen molar-refractivity contribution in [3.05, 3.63) is 0 Å². The maximum atomic E-state index is 12.6. The second-order valence-electron chi connectivity index (χ2n) is 14.5. The Balaban J connectivity index is 4.24. The number of hydrogen-bond donors (Lipinski definition) is 0. The summed E-state index contributed by atoms with van der Waals surface area (Å²) in [6.45, 7) is 8.91. The molecule has 1 unspecified atom stereocenters. The van der Waals surface area contributed by atoms with Crippen molar-refractivity contribution in [1.29, 1.82) is 0 Å². The second-order valence-corrected chi connectivity index (χ2v) is 14.5. The summed E-state index contributed by atoms with van der Waals surface area (Å²) in [5.41, 5.74) is 0. The Morgan fingerprint density at radius 2 is 0.729 bits per heavy atom. The van der Waals surface area contributed by atoms with Crippen molar-refractivity contribution >= 4 is 17.9 Å². The standard InChI is InChI=1S/C42H80O6/c1-5-8-10-12-13-14-15-19-22-26-30-34-41(44)47-37-39(36-46-40(43)33-29-24-11-9-6-2)48-42(45)35-31-27-23-20-17-16-18-21-25-28-32-38(4)7-3/h38-39H,5-37H2,1-4H3/t38?,39-/m1/s1. The summed E-state index contributed by atoms with van der Waals surface area (Å²) in [7, 11) is 0. The highest BCUT2D eigenvalue weighted by molar-refractivity contribution is 5.71. The number of rotatable bonds is 37. The molecule has 0 spiro atoms. The third kappa shape index (κ3) is 34.3. The predicted octanol–water partition coefficient (Wildman–Crippen LogP) is 12.8. The second kappa shape index (κ2) is 36.7. The molecule has 0 amide bonds. The van der Waals surface area contributed by atoms with E-state index in [4.69, 9.17) is 14.2 Å². The van der Waals surface area contributed by atoms with Crippen LogP contribution in [0, 0.1) is 5.92 Å². The van der Waals surface area contributed by atoms with Gasteiger partial charge in [0.1, 0.15) is 13.2 Å². The molecule has 0 N–H and O–H groups in total. The molecular formula is C42H80O6. The van der Waals surface area contributed by atoms with Gasteiger partial charge < -0.3 is 14.2 Å². The largest absolute Gasteiger partial charge is 0.462 e. The van der Waals surface area contributed by atoms with Gasteiger partial charge in [-0.2, -0.15) is 0 Å². The Morgan fingerprint density at radius 3 is 1.08 bits per heavy atom. The Bertz CT molecular complexity index is 723. The van der Waals surface area contributed by atoms with E-state index in [-0.39, 0.29) is 31.1 Å². The highest BCUT2D eigenvalue weighted by Crippen LogP contribution is 2.16. The SMILES string of the molecule is CCCCCCCCCCCCCC(=O)OC[C@@H](COC(=O)CCCCCCC)OC(=O)CCCCCCCCCCCCC(C)CC. The minimum atomic E-state index is -0.756. The number of carbonyl (C=O) groups excluding carboxylic acids is 3.